The molecule has 136 valence electrons. The van der Waals surface area contributed by atoms with Crippen LogP contribution in [-0.2, 0) is 9.53 Å². The molecule has 1 atom stereocenters. The van der Waals surface area contributed by atoms with Gasteiger partial charge in [-0.3, -0.25) is 9.59 Å². The topological polar surface area (TPSA) is 76.7 Å². The molecule has 2 N–H and O–H groups in total. The number of methoxy groups -OCH3 is 1. The number of nitrogens with one attached hydrogen (secondary N) is 2. The average molecular weight is 346 g/mol. The molecule has 6 nitrogen and oxygen atoms in total. The van der Waals surface area contributed by atoms with Crippen LogP contribution in [0.4, 0.5) is 0 Å². The highest BCUT2D eigenvalue weighted by Gasteiger charge is 2.40. The van der Waals surface area contributed by atoms with Gasteiger partial charge in [0, 0.05) is 12.6 Å². The SMILES string of the molecule is COc1ccccc1C(=O)NCC(=O)NC1CCOC2(CCCC2)C1. The monoisotopic (exact) mass is 346 g/mol. The first-order valence-electron chi connectivity index (χ1n) is 8.96. The Kier molecular flexibility index (Phi) is 5.58. The summed E-state index contributed by atoms with van der Waals surface area (Å²) in [5.74, 6) is 0.0168. The first-order chi connectivity index (χ1) is 12.1. The van der Waals surface area contributed by atoms with Crippen LogP contribution in [0.15, 0.2) is 24.3 Å². The van der Waals surface area contributed by atoms with E-state index in [0.717, 1.165) is 25.7 Å². The third-order valence-corrected chi connectivity index (χ3v) is 5.13. The molecule has 1 aliphatic carbocycles. The minimum absolute atomic E-state index is 0.0309. The number of hydrogen-bond acceptors (Lipinski definition) is 4. The van der Waals surface area contributed by atoms with Gasteiger partial charge in [-0.25, -0.2) is 0 Å². The van der Waals surface area contributed by atoms with Crippen molar-refractivity contribution in [2.24, 2.45) is 0 Å². The summed E-state index contributed by atoms with van der Waals surface area (Å²) in [7, 11) is 1.52. The fourth-order valence-corrected chi connectivity index (χ4v) is 3.89. The molecule has 6 heteroatoms. The van der Waals surface area contributed by atoms with Gasteiger partial charge in [-0.1, -0.05) is 25.0 Å². The zero-order valence-corrected chi connectivity index (χ0v) is 14.7. The second-order valence-electron chi connectivity index (χ2n) is 6.88. The van der Waals surface area contributed by atoms with E-state index in [1.54, 1.807) is 24.3 Å². The normalized spacial score (nSPS) is 21.7. The largest absolute Gasteiger partial charge is 0.496 e. The highest BCUT2D eigenvalue weighted by molar-refractivity contribution is 5.98. The van der Waals surface area contributed by atoms with Gasteiger partial charge in [0.05, 0.1) is 24.8 Å². The zero-order chi connectivity index (χ0) is 17.7. The molecule has 3 rings (SSSR count). The summed E-state index contributed by atoms with van der Waals surface area (Å²) in [4.78, 5) is 24.4. The van der Waals surface area contributed by atoms with Crippen LogP contribution in [0.25, 0.3) is 0 Å². The molecule has 1 heterocycles. The number of amides is 2. The standard InChI is InChI=1S/C19H26N2O4/c1-24-16-7-3-2-6-15(16)18(23)20-13-17(22)21-14-8-11-25-19(12-14)9-4-5-10-19/h2-3,6-7,14H,4-5,8-13H2,1H3,(H,20,23)(H,21,22). The van der Waals surface area contributed by atoms with Crippen molar-refractivity contribution in [2.75, 3.05) is 20.3 Å². The Morgan fingerprint density at radius 3 is 2.80 bits per heavy atom. The summed E-state index contributed by atoms with van der Waals surface area (Å²) >= 11 is 0. The lowest BCUT2D eigenvalue weighted by atomic mass is 9.89. The van der Waals surface area contributed by atoms with Crippen LogP contribution < -0.4 is 15.4 Å². The van der Waals surface area contributed by atoms with Gasteiger partial charge in [0.2, 0.25) is 5.91 Å². The second kappa shape index (κ2) is 7.87. The summed E-state index contributed by atoms with van der Waals surface area (Å²) in [6.07, 6.45) is 6.28. The predicted octanol–water partition coefficient (Wildman–Crippen LogP) is 2.03. The number of benzene rings is 1. The molecule has 2 aliphatic rings. The summed E-state index contributed by atoms with van der Waals surface area (Å²) < 4.78 is 11.2. The quantitative estimate of drug-likeness (QED) is 0.855. The molecule has 0 radical (unpaired) electrons. The Labute approximate surface area is 148 Å². The summed E-state index contributed by atoms with van der Waals surface area (Å²) in [5, 5.41) is 5.70. The van der Waals surface area contributed by atoms with E-state index in [-0.39, 0.29) is 30.0 Å². The Bertz CT molecular complexity index is 626. The lowest BCUT2D eigenvalue weighted by molar-refractivity contribution is -0.124. The number of carbonyl (C=O) groups excluding carboxylic acids is 2. The Hall–Kier alpha value is -2.08. The molecular formula is C19H26N2O4. The van der Waals surface area contributed by atoms with Gasteiger partial charge >= 0.3 is 0 Å². The third-order valence-electron chi connectivity index (χ3n) is 5.13. The van der Waals surface area contributed by atoms with Gasteiger partial charge in [0.25, 0.3) is 5.91 Å². The fraction of sp³-hybridized carbons (Fsp3) is 0.579. The van der Waals surface area contributed by atoms with Gasteiger partial charge in [-0.05, 0) is 37.8 Å². The van der Waals surface area contributed by atoms with E-state index in [9.17, 15) is 9.59 Å². The molecule has 0 aromatic heterocycles. The van der Waals surface area contributed by atoms with E-state index in [4.69, 9.17) is 9.47 Å². The molecule has 1 saturated carbocycles. The van der Waals surface area contributed by atoms with E-state index < -0.39 is 0 Å². The van der Waals surface area contributed by atoms with Gasteiger partial charge in [0.1, 0.15) is 5.75 Å². The first-order valence-corrected chi connectivity index (χ1v) is 8.96. The Morgan fingerprint density at radius 1 is 1.28 bits per heavy atom. The zero-order valence-electron chi connectivity index (χ0n) is 14.7. The van der Waals surface area contributed by atoms with Crippen LogP contribution in [0.5, 0.6) is 5.75 Å². The van der Waals surface area contributed by atoms with Gasteiger partial charge < -0.3 is 20.1 Å². The molecule has 1 aromatic rings. The Balaban J connectivity index is 1.48. The van der Waals surface area contributed by atoms with Crippen molar-refractivity contribution in [1.29, 1.82) is 0 Å². The molecule has 0 bridgehead atoms. The molecule has 1 aromatic carbocycles. The van der Waals surface area contributed by atoms with Crippen molar-refractivity contribution in [3.05, 3.63) is 29.8 Å². The van der Waals surface area contributed by atoms with Crippen molar-refractivity contribution < 1.29 is 19.1 Å². The molecule has 1 saturated heterocycles. The summed E-state index contributed by atoms with van der Waals surface area (Å²) in [6, 6.07) is 7.09. The highest BCUT2D eigenvalue weighted by Crippen LogP contribution is 2.39. The van der Waals surface area contributed by atoms with Crippen LogP contribution in [0, 0.1) is 0 Å². The molecule has 1 unspecified atom stereocenters. The minimum atomic E-state index is -0.313. The lowest BCUT2D eigenvalue weighted by Crippen LogP contribution is -2.49. The fourth-order valence-electron chi connectivity index (χ4n) is 3.89. The van der Waals surface area contributed by atoms with E-state index in [1.807, 2.05) is 0 Å². The van der Waals surface area contributed by atoms with Crippen molar-refractivity contribution in [1.82, 2.24) is 10.6 Å². The molecule has 2 fully saturated rings. The van der Waals surface area contributed by atoms with Gasteiger partial charge in [0.15, 0.2) is 0 Å². The molecule has 1 spiro atoms. The lowest BCUT2D eigenvalue weighted by Gasteiger charge is -2.38. The molecular weight excluding hydrogens is 320 g/mol. The van der Waals surface area contributed by atoms with E-state index in [2.05, 4.69) is 10.6 Å². The van der Waals surface area contributed by atoms with Gasteiger partial charge in [-0.2, -0.15) is 0 Å². The van der Waals surface area contributed by atoms with Crippen LogP contribution in [0.3, 0.4) is 0 Å². The van der Waals surface area contributed by atoms with Crippen LogP contribution in [-0.4, -0.2) is 43.7 Å². The maximum absolute atomic E-state index is 12.2. The molecule has 25 heavy (non-hydrogen) atoms. The van der Waals surface area contributed by atoms with Crippen LogP contribution in [0.1, 0.15) is 48.9 Å². The minimum Gasteiger partial charge on any atom is -0.496 e. The van der Waals surface area contributed by atoms with Crippen LogP contribution in [0.2, 0.25) is 0 Å². The maximum atomic E-state index is 12.2. The van der Waals surface area contributed by atoms with E-state index in [0.29, 0.717) is 17.9 Å². The maximum Gasteiger partial charge on any atom is 0.255 e. The average Bonchev–Trinajstić information content (AvgIpc) is 3.07. The van der Waals surface area contributed by atoms with Gasteiger partial charge in [-0.15, -0.1) is 0 Å². The third kappa shape index (κ3) is 4.31. The Morgan fingerprint density at radius 2 is 2.04 bits per heavy atom. The number of ether oxygens (including phenoxy) is 2. The summed E-state index contributed by atoms with van der Waals surface area (Å²) in [5.41, 5.74) is 0.394. The first kappa shape index (κ1) is 17.7. The molecule has 1 aliphatic heterocycles. The number of rotatable bonds is 5. The molecule has 2 amide bonds. The smallest absolute Gasteiger partial charge is 0.255 e. The van der Waals surface area contributed by atoms with Crippen LogP contribution >= 0.6 is 0 Å². The second-order valence-corrected chi connectivity index (χ2v) is 6.88. The van der Waals surface area contributed by atoms with Crippen molar-refractivity contribution in [2.45, 2.75) is 50.2 Å². The van der Waals surface area contributed by atoms with Crippen molar-refractivity contribution in [3.8, 4) is 5.75 Å². The summed E-state index contributed by atoms with van der Waals surface area (Å²) in [6.45, 7) is 0.653. The number of para-hydroxylation sites is 1. The van der Waals surface area contributed by atoms with Crippen molar-refractivity contribution in [3.63, 3.8) is 0 Å². The van der Waals surface area contributed by atoms with E-state index in [1.165, 1.54) is 20.0 Å². The number of hydrogen-bond donors (Lipinski definition) is 2. The number of carbonyl (C=O) groups is 2. The predicted molar refractivity (Wildman–Crippen MR) is 93.6 cm³/mol. The van der Waals surface area contributed by atoms with Crippen molar-refractivity contribution >= 4 is 11.8 Å². The highest BCUT2D eigenvalue weighted by atomic mass is 16.5. The van der Waals surface area contributed by atoms with E-state index >= 15 is 0 Å².